The average Bonchev–Trinajstić information content (AvgIpc) is 2.48. The van der Waals surface area contributed by atoms with Gasteiger partial charge >= 0.3 is 10.1 Å². The van der Waals surface area contributed by atoms with Crippen LogP contribution in [-0.2, 0) is 10.1 Å². The maximum Gasteiger partial charge on any atom is 0.357 e. The molecule has 21 heavy (non-hydrogen) atoms. The molecule has 0 radical (unpaired) electrons. The molecule has 2 aromatic rings. The molecule has 0 aliphatic rings. The van der Waals surface area contributed by atoms with Crippen molar-refractivity contribution < 1.29 is 12.7 Å². The normalized spacial score (nSPS) is 11.4. The van der Waals surface area contributed by atoms with Crippen molar-refractivity contribution in [1.82, 2.24) is 4.73 Å². The highest BCUT2D eigenvalue weighted by atomic mass is 127. The van der Waals surface area contributed by atoms with Crippen LogP contribution in [0.2, 0.25) is 0 Å². The summed E-state index contributed by atoms with van der Waals surface area (Å²) in [5, 5.41) is 0. The van der Waals surface area contributed by atoms with Gasteiger partial charge in [-0.3, -0.25) is 9.08 Å². The minimum atomic E-state index is -4.05. The first-order valence-corrected chi connectivity index (χ1v) is 9.39. The predicted octanol–water partition coefficient (Wildman–Crippen LogP) is 2.49. The van der Waals surface area contributed by atoms with E-state index in [2.05, 4.69) is 22.6 Å². The molecule has 0 saturated heterocycles. The van der Waals surface area contributed by atoms with E-state index in [1.807, 2.05) is 29.5 Å². The molecule has 0 aliphatic carbocycles. The lowest BCUT2D eigenvalue weighted by molar-refractivity contribution is 0.257. The van der Waals surface area contributed by atoms with E-state index in [0.717, 1.165) is 13.9 Å². The Morgan fingerprint density at radius 1 is 1.05 bits per heavy atom. The molecule has 1 heterocycles. The van der Waals surface area contributed by atoms with Crippen molar-refractivity contribution in [2.24, 2.45) is 0 Å². The molecule has 0 bridgehead atoms. The minimum Gasteiger partial charge on any atom is -0.280 e. The fraction of sp³-hybridized carbons (Fsp3) is 0.154. The largest absolute Gasteiger partial charge is 0.357 e. The lowest BCUT2D eigenvalue weighted by atomic mass is 10.2. The van der Waals surface area contributed by atoms with Crippen LogP contribution in [-0.4, -0.2) is 13.1 Å². The Morgan fingerprint density at radius 2 is 1.62 bits per heavy atom. The fourth-order valence-electron chi connectivity index (χ4n) is 1.68. The van der Waals surface area contributed by atoms with Gasteiger partial charge in [0.1, 0.15) is 4.90 Å². The van der Waals surface area contributed by atoms with E-state index in [1.165, 1.54) is 12.1 Å². The van der Waals surface area contributed by atoms with E-state index in [0.29, 0.717) is 9.26 Å². The van der Waals surface area contributed by atoms with Gasteiger partial charge in [0.15, 0.2) is 0 Å². The first-order chi connectivity index (χ1) is 9.75. The third-order valence-electron chi connectivity index (χ3n) is 2.86. The molecule has 0 atom stereocenters. The Balaban J connectivity index is 2.58. The summed E-state index contributed by atoms with van der Waals surface area (Å²) in [4.78, 5) is 12.2. The molecular weight excluding hydrogens is 520 g/mol. The summed E-state index contributed by atoms with van der Waals surface area (Å²) in [6, 6.07) is 7.72. The SMILES string of the molecule is Cc1c(I)c(C)n(OS(=O)(=O)c2ccccc2)c(=O)c1I. The lowest BCUT2D eigenvalue weighted by Gasteiger charge is -2.14. The van der Waals surface area contributed by atoms with Crippen molar-refractivity contribution in [2.75, 3.05) is 0 Å². The average molecular weight is 531 g/mol. The number of benzene rings is 1. The molecule has 8 heteroatoms. The van der Waals surface area contributed by atoms with Crippen molar-refractivity contribution >= 4 is 55.3 Å². The molecular formula is C13H11I2NO4S. The van der Waals surface area contributed by atoms with Crippen LogP contribution in [0.4, 0.5) is 0 Å². The molecule has 0 spiro atoms. The van der Waals surface area contributed by atoms with Crippen LogP contribution in [0.15, 0.2) is 40.0 Å². The molecule has 0 amide bonds. The molecule has 5 nitrogen and oxygen atoms in total. The second-order valence-electron chi connectivity index (χ2n) is 4.28. The van der Waals surface area contributed by atoms with Crippen LogP contribution < -0.4 is 9.84 Å². The van der Waals surface area contributed by atoms with E-state index in [1.54, 1.807) is 25.1 Å². The fourth-order valence-corrected chi connectivity index (χ4v) is 4.12. The van der Waals surface area contributed by atoms with Crippen LogP contribution in [0, 0.1) is 21.0 Å². The molecule has 0 unspecified atom stereocenters. The quantitative estimate of drug-likeness (QED) is 0.572. The number of hydrogen-bond acceptors (Lipinski definition) is 4. The number of nitrogens with zero attached hydrogens (tertiary/aromatic N) is 1. The monoisotopic (exact) mass is 531 g/mol. The third kappa shape index (κ3) is 3.26. The number of halogens is 2. The van der Waals surface area contributed by atoms with Crippen LogP contribution in [0.1, 0.15) is 11.3 Å². The number of aromatic nitrogens is 1. The highest BCUT2D eigenvalue weighted by Crippen LogP contribution is 2.19. The number of hydrogen-bond donors (Lipinski definition) is 0. The summed E-state index contributed by atoms with van der Waals surface area (Å²) in [6.07, 6.45) is 0. The third-order valence-corrected chi connectivity index (χ3v) is 6.91. The van der Waals surface area contributed by atoms with Crippen LogP contribution in [0.3, 0.4) is 0 Å². The Hall–Kier alpha value is -0.620. The second kappa shape index (κ2) is 6.24. The van der Waals surface area contributed by atoms with Gasteiger partial charge in [0.25, 0.3) is 5.56 Å². The number of pyridine rings is 1. The summed E-state index contributed by atoms with van der Waals surface area (Å²) in [5.41, 5.74) is 0.791. The van der Waals surface area contributed by atoms with E-state index in [4.69, 9.17) is 4.28 Å². The van der Waals surface area contributed by atoms with Gasteiger partial charge in [0.05, 0.1) is 9.26 Å². The number of rotatable bonds is 3. The zero-order valence-corrected chi connectivity index (χ0v) is 16.3. The van der Waals surface area contributed by atoms with Gasteiger partial charge in [-0.05, 0) is 76.7 Å². The molecule has 1 aromatic carbocycles. The summed E-state index contributed by atoms with van der Waals surface area (Å²) in [5.74, 6) is 0. The van der Waals surface area contributed by atoms with Crippen molar-refractivity contribution in [3.8, 4) is 0 Å². The van der Waals surface area contributed by atoms with Crippen molar-refractivity contribution in [3.63, 3.8) is 0 Å². The van der Waals surface area contributed by atoms with Crippen LogP contribution in [0.25, 0.3) is 0 Å². The van der Waals surface area contributed by atoms with E-state index >= 15 is 0 Å². The van der Waals surface area contributed by atoms with Gasteiger partial charge in [-0.15, -0.1) is 4.73 Å². The molecule has 112 valence electrons. The first-order valence-electron chi connectivity index (χ1n) is 5.83. The van der Waals surface area contributed by atoms with Gasteiger partial charge in [-0.2, -0.15) is 8.42 Å². The van der Waals surface area contributed by atoms with E-state index in [9.17, 15) is 13.2 Å². The maximum atomic E-state index is 12.2. The maximum absolute atomic E-state index is 12.2. The zero-order chi connectivity index (χ0) is 15.8. The standard InChI is InChI=1S/C13H11I2NO4S/c1-8-11(14)9(2)16(13(17)12(8)15)20-21(18,19)10-6-4-3-5-7-10/h3-7H,1-2H3. The second-order valence-corrected chi connectivity index (χ2v) is 7.97. The lowest BCUT2D eigenvalue weighted by Crippen LogP contribution is -2.35. The summed E-state index contributed by atoms with van der Waals surface area (Å²) >= 11 is 3.95. The van der Waals surface area contributed by atoms with Crippen LogP contribution >= 0.6 is 45.2 Å². The summed E-state index contributed by atoms with van der Waals surface area (Å²) in [7, 11) is -4.05. The molecule has 2 rings (SSSR count). The highest BCUT2D eigenvalue weighted by molar-refractivity contribution is 14.1. The molecule has 0 saturated carbocycles. The molecule has 0 aliphatic heterocycles. The van der Waals surface area contributed by atoms with Gasteiger partial charge < -0.3 is 0 Å². The first kappa shape index (κ1) is 16.7. The molecule has 1 aromatic heterocycles. The van der Waals surface area contributed by atoms with Crippen molar-refractivity contribution in [1.29, 1.82) is 0 Å². The zero-order valence-electron chi connectivity index (χ0n) is 11.1. The van der Waals surface area contributed by atoms with E-state index in [-0.39, 0.29) is 4.90 Å². The smallest absolute Gasteiger partial charge is 0.280 e. The van der Waals surface area contributed by atoms with Gasteiger partial charge in [0, 0.05) is 3.57 Å². The molecule has 0 N–H and O–H groups in total. The Bertz CT molecular complexity index is 845. The van der Waals surface area contributed by atoms with Crippen molar-refractivity contribution in [3.05, 3.63) is 59.1 Å². The molecule has 0 fully saturated rings. The Kier molecular flexibility index (Phi) is 4.98. The summed E-state index contributed by atoms with van der Waals surface area (Å²) < 4.78 is 31.5. The Morgan fingerprint density at radius 3 is 2.19 bits per heavy atom. The minimum absolute atomic E-state index is 0.00175. The predicted molar refractivity (Wildman–Crippen MR) is 95.8 cm³/mol. The van der Waals surface area contributed by atoms with Gasteiger partial charge in [-0.1, -0.05) is 18.2 Å². The van der Waals surface area contributed by atoms with E-state index < -0.39 is 15.7 Å². The highest BCUT2D eigenvalue weighted by Gasteiger charge is 2.21. The van der Waals surface area contributed by atoms with Crippen LogP contribution in [0.5, 0.6) is 0 Å². The van der Waals surface area contributed by atoms with Gasteiger partial charge in [-0.25, -0.2) is 0 Å². The topological polar surface area (TPSA) is 65.4 Å². The Labute approximate surface area is 149 Å². The van der Waals surface area contributed by atoms with Crippen molar-refractivity contribution in [2.45, 2.75) is 18.7 Å². The summed E-state index contributed by atoms with van der Waals surface area (Å²) in [6.45, 7) is 3.46. The van der Waals surface area contributed by atoms with Gasteiger partial charge in [0.2, 0.25) is 0 Å².